The third kappa shape index (κ3) is 2.10. The molecule has 2 heterocycles. The lowest BCUT2D eigenvalue weighted by Crippen LogP contribution is -2.30. The van der Waals surface area contributed by atoms with E-state index in [1.54, 1.807) is 7.11 Å². The topological polar surface area (TPSA) is 13.1 Å². The summed E-state index contributed by atoms with van der Waals surface area (Å²) in [6, 6.07) is 12.7. The van der Waals surface area contributed by atoms with Crippen LogP contribution >= 0.6 is 11.3 Å². The van der Waals surface area contributed by atoms with Crippen LogP contribution in [0.2, 0.25) is 0 Å². The molecule has 0 radical (unpaired) electrons. The molecule has 0 saturated carbocycles. The largest absolute Gasteiger partial charge is 0.496 e. The van der Waals surface area contributed by atoms with Gasteiger partial charge >= 0.3 is 0 Å². The molecule has 19 heavy (non-hydrogen) atoms. The van der Waals surface area contributed by atoms with Crippen molar-refractivity contribution >= 4 is 22.1 Å². The van der Waals surface area contributed by atoms with Crippen molar-refractivity contribution in [1.29, 1.82) is 0 Å². The molecule has 0 atom stereocenters. The lowest BCUT2D eigenvalue weighted by Gasteiger charge is -2.05. The molecule has 0 aliphatic heterocycles. The Balaban J connectivity index is 2.25. The van der Waals surface area contributed by atoms with E-state index in [-0.39, 0.29) is 0 Å². The number of hydrogen-bond donors (Lipinski definition) is 0. The molecule has 1 aromatic carbocycles. The Morgan fingerprint density at radius 1 is 1.16 bits per heavy atom. The van der Waals surface area contributed by atoms with Gasteiger partial charge in [0.1, 0.15) is 12.8 Å². The molecule has 0 aliphatic carbocycles. The summed E-state index contributed by atoms with van der Waals surface area (Å²) in [5.41, 5.74) is 1.24. The van der Waals surface area contributed by atoms with Crippen molar-refractivity contribution in [3.8, 4) is 16.3 Å². The number of aromatic nitrogens is 1. The Hall–Kier alpha value is -1.87. The second-order valence-electron chi connectivity index (χ2n) is 4.64. The Kier molecular flexibility index (Phi) is 2.99. The number of benzene rings is 1. The molecule has 0 fully saturated rings. The van der Waals surface area contributed by atoms with Crippen LogP contribution in [0, 0.1) is 6.92 Å². The second-order valence-corrected chi connectivity index (χ2v) is 5.93. The van der Waals surface area contributed by atoms with Crippen LogP contribution in [-0.4, -0.2) is 7.11 Å². The summed E-state index contributed by atoms with van der Waals surface area (Å²) in [6.07, 6.45) is 2.14. The number of nitrogens with zero attached hydrogens (tertiary/aromatic N) is 1. The van der Waals surface area contributed by atoms with Gasteiger partial charge in [0.25, 0.3) is 0 Å². The molecule has 0 spiro atoms. The van der Waals surface area contributed by atoms with Crippen LogP contribution in [-0.2, 0) is 7.05 Å². The zero-order chi connectivity index (χ0) is 13.4. The van der Waals surface area contributed by atoms with Crippen molar-refractivity contribution in [2.75, 3.05) is 7.11 Å². The van der Waals surface area contributed by atoms with Gasteiger partial charge in [-0.2, -0.15) is 4.57 Å². The molecule has 2 aromatic heterocycles. The third-order valence-electron chi connectivity index (χ3n) is 3.31. The average molecular weight is 270 g/mol. The molecular weight excluding hydrogens is 254 g/mol. The van der Waals surface area contributed by atoms with E-state index < -0.39 is 0 Å². The summed E-state index contributed by atoms with van der Waals surface area (Å²) in [4.78, 5) is 2.63. The van der Waals surface area contributed by atoms with E-state index >= 15 is 0 Å². The fourth-order valence-corrected chi connectivity index (χ4v) is 3.26. The van der Waals surface area contributed by atoms with Gasteiger partial charge in [0.2, 0.25) is 5.69 Å². The fourth-order valence-electron chi connectivity index (χ4n) is 2.33. The first kappa shape index (κ1) is 12.2. The SMILES string of the molecule is COc1cccc2cc(-c3ccc(C)s3)[n+](C)cc12. The summed E-state index contributed by atoms with van der Waals surface area (Å²) >= 11 is 1.82. The minimum atomic E-state index is 0.919. The Morgan fingerprint density at radius 3 is 2.68 bits per heavy atom. The monoisotopic (exact) mass is 270 g/mol. The Bertz CT molecular complexity index is 746. The lowest BCUT2D eigenvalue weighted by atomic mass is 10.1. The van der Waals surface area contributed by atoms with Gasteiger partial charge in [0, 0.05) is 10.9 Å². The van der Waals surface area contributed by atoms with E-state index in [9.17, 15) is 0 Å². The molecule has 2 nitrogen and oxygen atoms in total. The van der Waals surface area contributed by atoms with Crippen LogP contribution < -0.4 is 9.30 Å². The minimum Gasteiger partial charge on any atom is -0.496 e. The van der Waals surface area contributed by atoms with E-state index in [1.807, 2.05) is 23.5 Å². The van der Waals surface area contributed by atoms with Crippen molar-refractivity contribution in [3.05, 3.63) is 47.5 Å². The first-order valence-corrected chi connectivity index (χ1v) is 7.04. The van der Waals surface area contributed by atoms with Gasteiger partial charge in [-0.25, -0.2) is 0 Å². The molecule has 0 saturated heterocycles. The Labute approximate surface area is 116 Å². The summed E-state index contributed by atoms with van der Waals surface area (Å²) in [6.45, 7) is 2.14. The van der Waals surface area contributed by atoms with Gasteiger partial charge in [-0.15, -0.1) is 11.3 Å². The molecule has 0 bridgehead atoms. The molecule has 3 rings (SSSR count). The highest BCUT2D eigenvalue weighted by Crippen LogP contribution is 2.30. The van der Waals surface area contributed by atoms with Gasteiger partial charge in [-0.1, -0.05) is 12.1 Å². The highest BCUT2D eigenvalue weighted by Gasteiger charge is 2.15. The van der Waals surface area contributed by atoms with Crippen molar-refractivity contribution in [3.63, 3.8) is 0 Å². The summed E-state index contributed by atoms with van der Waals surface area (Å²) in [5, 5.41) is 2.35. The van der Waals surface area contributed by atoms with Gasteiger partial charge in [-0.3, -0.25) is 0 Å². The number of hydrogen-bond acceptors (Lipinski definition) is 2. The molecule has 0 amide bonds. The van der Waals surface area contributed by atoms with Crippen LogP contribution in [0.1, 0.15) is 4.88 Å². The number of aryl methyl sites for hydroxylation is 2. The molecule has 0 N–H and O–H groups in total. The zero-order valence-corrected chi connectivity index (χ0v) is 12.1. The van der Waals surface area contributed by atoms with E-state index in [2.05, 4.69) is 49.0 Å². The standard InChI is InChI=1S/C16H16NOS/c1-11-7-8-16(19-11)14-9-12-5-4-6-15(18-3)13(12)10-17(14)2/h4-10H,1-3H3/q+1. The van der Waals surface area contributed by atoms with Crippen LogP contribution in [0.5, 0.6) is 5.75 Å². The number of methoxy groups -OCH3 is 1. The summed E-state index contributed by atoms with van der Waals surface area (Å²) in [7, 11) is 3.79. The van der Waals surface area contributed by atoms with Crippen LogP contribution in [0.4, 0.5) is 0 Å². The molecular formula is C16H16NOS+. The highest BCUT2D eigenvalue weighted by atomic mass is 32.1. The Morgan fingerprint density at radius 2 is 2.00 bits per heavy atom. The molecule has 3 aromatic rings. The second kappa shape index (κ2) is 4.67. The molecule has 96 valence electrons. The van der Waals surface area contributed by atoms with Crippen molar-refractivity contribution in [2.45, 2.75) is 6.92 Å². The predicted molar refractivity (Wildman–Crippen MR) is 79.7 cm³/mol. The minimum absolute atomic E-state index is 0.919. The van der Waals surface area contributed by atoms with Crippen molar-refractivity contribution in [2.24, 2.45) is 7.05 Å². The van der Waals surface area contributed by atoms with E-state index in [0.29, 0.717) is 0 Å². The smallest absolute Gasteiger partial charge is 0.222 e. The maximum Gasteiger partial charge on any atom is 0.222 e. The molecule has 0 unspecified atom stereocenters. The van der Waals surface area contributed by atoms with Crippen LogP contribution in [0.15, 0.2) is 42.6 Å². The van der Waals surface area contributed by atoms with Crippen molar-refractivity contribution in [1.82, 2.24) is 0 Å². The first-order chi connectivity index (χ1) is 9.19. The van der Waals surface area contributed by atoms with Crippen LogP contribution in [0.25, 0.3) is 21.3 Å². The highest BCUT2D eigenvalue weighted by molar-refractivity contribution is 7.15. The maximum absolute atomic E-state index is 5.42. The number of rotatable bonds is 2. The maximum atomic E-state index is 5.42. The summed E-state index contributed by atoms with van der Waals surface area (Å²) < 4.78 is 7.58. The number of pyridine rings is 1. The zero-order valence-electron chi connectivity index (χ0n) is 11.3. The summed E-state index contributed by atoms with van der Waals surface area (Å²) in [5.74, 6) is 0.919. The fraction of sp³-hybridized carbons (Fsp3) is 0.188. The van der Waals surface area contributed by atoms with Gasteiger partial charge < -0.3 is 4.74 Å². The first-order valence-electron chi connectivity index (χ1n) is 6.22. The number of fused-ring (bicyclic) bond motifs is 1. The predicted octanol–water partition coefficient (Wildman–Crippen LogP) is 3.71. The average Bonchev–Trinajstić information content (AvgIpc) is 2.84. The number of ether oxygens (including phenoxy) is 1. The van der Waals surface area contributed by atoms with E-state index in [4.69, 9.17) is 4.74 Å². The third-order valence-corrected chi connectivity index (χ3v) is 4.33. The molecule has 3 heteroatoms. The normalized spacial score (nSPS) is 10.9. The lowest BCUT2D eigenvalue weighted by molar-refractivity contribution is -0.658. The van der Waals surface area contributed by atoms with Crippen LogP contribution in [0.3, 0.4) is 0 Å². The van der Waals surface area contributed by atoms with Gasteiger partial charge in [0.15, 0.2) is 6.20 Å². The van der Waals surface area contributed by atoms with Crippen molar-refractivity contribution < 1.29 is 9.30 Å². The van der Waals surface area contributed by atoms with Gasteiger partial charge in [0.05, 0.1) is 17.4 Å². The van der Waals surface area contributed by atoms with Gasteiger partial charge in [-0.05, 0) is 30.5 Å². The quantitative estimate of drug-likeness (QED) is 0.647. The van der Waals surface area contributed by atoms with E-state index in [1.165, 1.54) is 20.8 Å². The molecule has 0 aliphatic rings. The van der Waals surface area contributed by atoms with E-state index in [0.717, 1.165) is 11.1 Å². The number of thiophene rings is 1.